The van der Waals surface area contributed by atoms with E-state index >= 15 is 0 Å². The normalized spacial score (nSPS) is 11.0. The Bertz CT molecular complexity index is 1090. The first-order valence-electron chi connectivity index (χ1n) is 8.32. The summed E-state index contributed by atoms with van der Waals surface area (Å²) in [7, 11) is 0. The lowest BCUT2D eigenvalue weighted by molar-refractivity contribution is -0.134. The van der Waals surface area contributed by atoms with Crippen LogP contribution >= 0.6 is 11.3 Å². The van der Waals surface area contributed by atoms with Crippen LogP contribution in [0.2, 0.25) is 0 Å². The minimum Gasteiger partial charge on any atom is -0.426 e. The molecule has 0 fully saturated rings. The maximum absolute atomic E-state index is 12.2. The number of carbonyl (C=O) groups is 1. The van der Waals surface area contributed by atoms with Crippen molar-refractivity contribution in [2.24, 2.45) is 0 Å². The number of hydrogen-bond donors (Lipinski definition) is 0. The van der Waals surface area contributed by atoms with Crippen LogP contribution in [0.3, 0.4) is 0 Å². The number of carbonyl (C=O) groups excluding carboxylic acids is 1. The lowest BCUT2D eigenvalue weighted by Gasteiger charge is -2.11. The van der Waals surface area contributed by atoms with E-state index in [1.807, 2.05) is 26.8 Å². The van der Waals surface area contributed by atoms with Gasteiger partial charge in [-0.3, -0.25) is 9.59 Å². The first-order chi connectivity index (χ1) is 12.4. The molecule has 0 N–H and O–H groups in total. The zero-order chi connectivity index (χ0) is 18.8. The van der Waals surface area contributed by atoms with Crippen molar-refractivity contribution >= 4 is 28.3 Å². The molecule has 136 valence electrons. The summed E-state index contributed by atoms with van der Waals surface area (Å²) in [5.74, 6) is -0.0558. The molecule has 26 heavy (non-hydrogen) atoms. The first kappa shape index (κ1) is 18.1. The molecule has 0 atom stereocenters. The van der Waals surface area contributed by atoms with Crippen LogP contribution in [0.1, 0.15) is 30.2 Å². The summed E-state index contributed by atoms with van der Waals surface area (Å²) in [6.07, 6.45) is 0.747. The van der Waals surface area contributed by atoms with Gasteiger partial charge in [-0.15, -0.1) is 0 Å². The number of thiazole rings is 1. The number of aryl methyl sites for hydroxylation is 3. The van der Waals surface area contributed by atoms with Gasteiger partial charge in [-0.25, -0.2) is 4.79 Å². The molecule has 0 unspecified atom stereocenters. The Morgan fingerprint density at radius 3 is 2.65 bits per heavy atom. The van der Waals surface area contributed by atoms with Crippen LogP contribution in [0, 0.1) is 13.8 Å². The molecule has 0 spiro atoms. The summed E-state index contributed by atoms with van der Waals surface area (Å²) in [5.41, 5.74) is 2.44. The lowest BCUT2D eigenvalue weighted by atomic mass is 10.1. The van der Waals surface area contributed by atoms with Gasteiger partial charge in [0.25, 0.3) is 0 Å². The lowest BCUT2D eigenvalue weighted by Crippen LogP contribution is -2.19. The fraction of sp³-hybridized carbons (Fsp3) is 0.316. The number of hydrogen-bond acceptors (Lipinski definition) is 6. The van der Waals surface area contributed by atoms with Gasteiger partial charge in [0.2, 0.25) is 0 Å². The second-order valence-electron chi connectivity index (χ2n) is 6.08. The molecule has 6 nitrogen and oxygen atoms in total. The maximum Gasteiger partial charge on any atom is 0.336 e. The molecule has 0 saturated heterocycles. The number of aromatic nitrogens is 1. The second-order valence-corrected chi connectivity index (χ2v) is 6.90. The predicted molar refractivity (Wildman–Crippen MR) is 100 cm³/mol. The van der Waals surface area contributed by atoms with E-state index in [4.69, 9.17) is 9.15 Å². The van der Waals surface area contributed by atoms with Crippen LogP contribution in [0.25, 0.3) is 11.0 Å². The molecule has 0 saturated carbocycles. The number of fused-ring (bicyclic) bond motifs is 1. The molecule has 0 aliphatic heterocycles. The van der Waals surface area contributed by atoms with Gasteiger partial charge in [-0.2, -0.15) is 0 Å². The third-order valence-corrected chi connectivity index (χ3v) is 5.13. The van der Waals surface area contributed by atoms with Crippen molar-refractivity contribution in [3.8, 4) is 5.75 Å². The quantitative estimate of drug-likeness (QED) is 0.390. The summed E-state index contributed by atoms with van der Waals surface area (Å²) in [5, 5.41) is 2.58. The summed E-state index contributed by atoms with van der Waals surface area (Å²) in [6, 6.07) is 4.90. The summed E-state index contributed by atoms with van der Waals surface area (Å²) < 4.78 is 12.3. The van der Waals surface area contributed by atoms with Gasteiger partial charge in [0.05, 0.1) is 6.42 Å². The van der Waals surface area contributed by atoms with Crippen molar-refractivity contribution < 1.29 is 13.9 Å². The van der Waals surface area contributed by atoms with Crippen LogP contribution in [0.4, 0.5) is 0 Å². The van der Waals surface area contributed by atoms with Gasteiger partial charge in [0.15, 0.2) is 0 Å². The zero-order valence-electron chi connectivity index (χ0n) is 14.8. The summed E-state index contributed by atoms with van der Waals surface area (Å²) in [4.78, 5) is 35.4. The van der Waals surface area contributed by atoms with E-state index in [0.717, 1.165) is 33.5 Å². The average molecular weight is 373 g/mol. The smallest absolute Gasteiger partial charge is 0.336 e. The molecule has 0 aliphatic carbocycles. The Morgan fingerprint density at radius 2 is 2.00 bits per heavy atom. The minimum atomic E-state index is -0.441. The summed E-state index contributed by atoms with van der Waals surface area (Å²) in [6.45, 7) is 5.90. The molecule has 0 bridgehead atoms. The highest BCUT2D eigenvalue weighted by molar-refractivity contribution is 7.07. The number of nitrogens with zero attached hydrogens (tertiary/aromatic N) is 1. The Balaban J connectivity index is 1.84. The van der Waals surface area contributed by atoms with Gasteiger partial charge in [-0.1, -0.05) is 18.3 Å². The van der Waals surface area contributed by atoms with Crippen LogP contribution in [-0.4, -0.2) is 10.5 Å². The SMILES string of the molecule is CCc1cc2c(C)cc(=O)oc2cc1OC(=O)CCn1c(C)csc1=O. The zero-order valence-corrected chi connectivity index (χ0v) is 15.6. The average Bonchev–Trinajstić information content (AvgIpc) is 2.90. The number of rotatable bonds is 5. The topological polar surface area (TPSA) is 78.5 Å². The van der Waals surface area contributed by atoms with Crippen LogP contribution in [-0.2, 0) is 17.8 Å². The van der Waals surface area contributed by atoms with Gasteiger partial charge < -0.3 is 13.7 Å². The largest absolute Gasteiger partial charge is 0.426 e. The third-order valence-electron chi connectivity index (χ3n) is 4.25. The van der Waals surface area contributed by atoms with E-state index in [0.29, 0.717) is 17.8 Å². The van der Waals surface area contributed by atoms with Gasteiger partial charge in [0, 0.05) is 35.1 Å². The molecule has 0 radical (unpaired) electrons. The predicted octanol–water partition coefficient (Wildman–Crippen LogP) is 3.19. The molecule has 7 heteroatoms. The van der Waals surface area contributed by atoms with E-state index in [9.17, 15) is 14.4 Å². The van der Waals surface area contributed by atoms with Crippen molar-refractivity contribution in [1.29, 1.82) is 0 Å². The molecule has 1 aromatic carbocycles. The Hall–Kier alpha value is -2.67. The van der Waals surface area contributed by atoms with E-state index in [1.54, 1.807) is 16.0 Å². The standard InChI is InChI=1S/C19H19NO5S/c1-4-13-8-14-11(2)7-18(22)25-16(14)9-15(13)24-17(21)5-6-20-12(3)10-26-19(20)23/h7-10H,4-6H2,1-3H3. The van der Waals surface area contributed by atoms with Crippen molar-refractivity contribution in [3.05, 3.63) is 60.5 Å². The van der Waals surface area contributed by atoms with E-state index in [2.05, 4.69) is 0 Å². The van der Waals surface area contributed by atoms with Crippen molar-refractivity contribution in [1.82, 2.24) is 4.57 Å². The number of esters is 1. The highest BCUT2D eigenvalue weighted by atomic mass is 32.1. The Kier molecular flexibility index (Phi) is 5.08. The van der Waals surface area contributed by atoms with E-state index < -0.39 is 11.6 Å². The molecular weight excluding hydrogens is 354 g/mol. The second kappa shape index (κ2) is 7.29. The van der Waals surface area contributed by atoms with Crippen molar-refractivity contribution in [3.63, 3.8) is 0 Å². The molecule has 2 heterocycles. The first-order valence-corrected chi connectivity index (χ1v) is 9.20. The minimum absolute atomic E-state index is 0.0798. The fourth-order valence-corrected chi connectivity index (χ4v) is 3.57. The Morgan fingerprint density at radius 1 is 1.23 bits per heavy atom. The molecule has 2 aromatic heterocycles. The van der Waals surface area contributed by atoms with E-state index in [1.165, 1.54) is 6.07 Å². The highest BCUT2D eigenvalue weighted by Gasteiger charge is 2.14. The van der Waals surface area contributed by atoms with Gasteiger partial charge in [0.1, 0.15) is 11.3 Å². The van der Waals surface area contributed by atoms with Crippen molar-refractivity contribution in [2.75, 3.05) is 0 Å². The number of benzene rings is 1. The molecule has 0 aliphatic rings. The summed E-state index contributed by atoms with van der Waals surface area (Å²) >= 11 is 1.11. The van der Waals surface area contributed by atoms with Gasteiger partial charge in [-0.05, 0) is 37.5 Å². The Labute approximate surface area is 153 Å². The van der Waals surface area contributed by atoms with Crippen LogP contribution in [0.15, 0.2) is 37.6 Å². The molecule has 3 aromatic rings. The molecular formula is C19H19NO5S. The third kappa shape index (κ3) is 3.62. The maximum atomic E-state index is 12.2. The number of ether oxygens (including phenoxy) is 1. The molecule has 3 rings (SSSR count). The highest BCUT2D eigenvalue weighted by Crippen LogP contribution is 2.28. The fourth-order valence-electron chi connectivity index (χ4n) is 2.81. The monoisotopic (exact) mass is 373 g/mol. The van der Waals surface area contributed by atoms with Crippen molar-refractivity contribution in [2.45, 2.75) is 40.2 Å². The van der Waals surface area contributed by atoms with Gasteiger partial charge >= 0.3 is 16.5 Å². The van der Waals surface area contributed by atoms with Crippen LogP contribution < -0.4 is 15.2 Å². The van der Waals surface area contributed by atoms with E-state index in [-0.39, 0.29) is 17.8 Å². The molecule has 0 amide bonds. The van der Waals surface area contributed by atoms with Crippen LogP contribution in [0.5, 0.6) is 5.75 Å².